The Kier molecular flexibility index (Phi) is 5.58. The van der Waals surface area contributed by atoms with Gasteiger partial charge in [-0.15, -0.1) is 0 Å². The number of aromatic nitrogens is 1. The van der Waals surface area contributed by atoms with Gasteiger partial charge in [-0.1, -0.05) is 25.4 Å². The first-order valence-electron chi connectivity index (χ1n) is 9.33. The zero-order valence-corrected chi connectivity index (χ0v) is 16.0. The Morgan fingerprint density at radius 2 is 2.04 bits per heavy atom. The topological polar surface area (TPSA) is 68.1 Å². The minimum atomic E-state index is -0.497. The van der Waals surface area contributed by atoms with Crippen molar-refractivity contribution in [3.63, 3.8) is 0 Å². The van der Waals surface area contributed by atoms with Gasteiger partial charge in [0.15, 0.2) is 0 Å². The van der Waals surface area contributed by atoms with Crippen LogP contribution in [0.4, 0.5) is 4.39 Å². The van der Waals surface area contributed by atoms with Crippen LogP contribution in [-0.2, 0) is 0 Å². The maximum atomic E-state index is 14.0. The number of fused-ring (bicyclic) bond motifs is 1. The van der Waals surface area contributed by atoms with Crippen LogP contribution in [-0.4, -0.2) is 17.1 Å². The lowest BCUT2D eigenvalue weighted by atomic mass is 9.66. The fourth-order valence-electron chi connectivity index (χ4n) is 4.20. The molecule has 1 heterocycles. The monoisotopic (exact) mass is 380 g/mol. The third-order valence-electron chi connectivity index (χ3n) is 6.06. The summed E-state index contributed by atoms with van der Waals surface area (Å²) in [5.74, 6) is -0.0684. The number of benzene rings is 1. The molecule has 4 nitrogen and oxygen atoms in total. The molecule has 0 aliphatic heterocycles. The Hall–Kier alpha value is -1.59. The Labute approximate surface area is 157 Å². The molecule has 1 saturated carbocycles. The Morgan fingerprint density at radius 1 is 1.35 bits per heavy atom. The van der Waals surface area contributed by atoms with Crippen molar-refractivity contribution in [2.75, 3.05) is 0 Å². The number of halogens is 2. The summed E-state index contributed by atoms with van der Waals surface area (Å²) in [5, 5.41) is 0.774. The van der Waals surface area contributed by atoms with E-state index in [2.05, 4.69) is 18.8 Å². The number of aromatic amines is 1. The van der Waals surface area contributed by atoms with E-state index in [9.17, 15) is 9.18 Å². The molecular weight excluding hydrogens is 355 g/mol. The van der Waals surface area contributed by atoms with Crippen LogP contribution in [0.5, 0.6) is 5.75 Å². The second kappa shape index (κ2) is 7.57. The standard InChI is InChI=1S/C20H26ClFN2O2/c1-3-18(23)20(4-2)7-5-12(6-8-20)26-17-10-13-14(9-15(17)21)19(25)24-11-16(13)22/h9-12,18H,3-8,23H2,1-2H3,(H,24,25). The zero-order chi connectivity index (χ0) is 18.9. The van der Waals surface area contributed by atoms with E-state index in [1.807, 2.05) is 0 Å². The molecule has 6 heteroatoms. The highest BCUT2D eigenvalue weighted by Gasteiger charge is 2.38. The van der Waals surface area contributed by atoms with Crippen LogP contribution in [0.3, 0.4) is 0 Å². The highest BCUT2D eigenvalue weighted by atomic mass is 35.5. The van der Waals surface area contributed by atoms with Gasteiger partial charge in [-0.05, 0) is 56.1 Å². The first-order valence-corrected chi connectivity index (χ1v) is 9.70. The molecule has 2 aromatic rings. The normalized spacial score (nSPS) is 24.6. The molecule has 3 N–H and O–H groups in total. The van der Waals surface area contributed by atoms with Crippen LogP contribution >= 0.6 is 11.6 Å². The molecule has 3 rings (SSSR count). The van der Waals surface area contributed by atoms with Crippen molar-refractivity contribution in [2.45, 2.75) is 64.5 Å². The minimum Gasteiger partial charge on any atom is -0.489 e. The second-order valence-corrected chi connectivity index (χ2v) is 7.75. The predicted molar refractivity (Wildman–Crippen MR) is 103 cm³/mol. The molecule has 1 unspecified atom stereocenters. The Bertz CT molecular complexity index is 844. The van der Waals surface area contributed by atoms with Gasteiger partial charge in [-0.25, -0.2) is 4.39 Å². The van der Waals surface area contributed by atoms with Gasteiger partial charge >= 0.3 is 0 Å². The summed E-state index contributed by atoms with van der Waals surface area (Å²) in [5.41, 5.74) is 6.19. The number of nitrogens with one attached hydrogen (secondary N) is 1. The van der Waals surface area contributed by atoms with Crippen LogP contribution in [0.25, 0.3) is 10.8 Å². The number of hydrogen-bond acceptors (Lipinski definition) is 3. The van der Waals surface area contributed by atoms with Gasteiger partial charge in [-0.2, -0.15) is 0 Å². The van der Waals surface area contributed by atoms with E-state index in [1.54, 1.807) is 0 Å². The van der Waals surface area contributed by atoms with Gasteiger partial charge in [0, 0.05) is 17.6 Å². The summed E-state index contributed by atoms with van der Waals surface area (Å²) >= 11 is 6.28. The van der Waals surface area contributed by atoms with Gasteiger partial charge in [0.05, 0.1) is 16.5 Å². The molecule has 1 atom stereocenters. The van der Waals surface area contributed by atoms with Crippen LogP contribution < -0.4 is 16.0 Å². The van der Waals surface area contributed by atoms with Gasteiger partial charge < -0.3 is 15.5 Å². The summed E-state index contributed by atoms with van der Waals surface area (Å²) in [6.07, 6.45) is 6.96. The number of H-pyrrole nitrogens is 1. The lowest BCUT2D eigenvalue weighted by molar-refractivity contribution is 0.0569. The van der Waals surface area contributed by atoms with E-state index in [1.165, 1.54) is 12.1 Å². The Morgan fingerprint density at radius 3 is 2.65 bits per heavy atom. The Balaban J connectivity index is 1.79. The van der Waals surface area contributed by atoms with Crippen molar-refractivity contribution in [1.29, 1.82) is 0 Å². The highest BCUT2D eigenvalue weighted by molar-refractivity contribution is 6.32. The van der Waals surface area contributed by atoms with Crippen molar-refractivity contribution in [3.8, 4) is 5.75 Å². The zero-order valence-electron chi connectivity index (χ0n) is 15.3. The molecule has 0 spiro atoms. The average Bonchev–Trinajstić information content (AvgIpc) is 2.66. The molecular formula is C20H26ClFN2O2. The van der Waals surface area contributed by atoms with Crippen LogP contribution in [0.1, 0.15) is 52.4 Å². The predicted octanol–water partition coefficient (Wildman–Crippen LogP) is 4.78. The van der Waals surface area contributed by atoms with Gasteiger partial charge in [0.25, 0.3) is 5.56 Å². The van der Waals surface area contributed by atoms with Crippen LogP contribution in [0.2, 0.25) is 5.02 Å². The fourth-order valence-corrected chi connectivity index (χ4v) is 4.40. The molecule has 1 aliphatic rings. The van der Waals surface area contributed by atoms with Crippen molar-refractivity contribution < 1.29 is 9.13 Å². The number of hydrogen-bond donors (Lipinski definition) is 2. The molecule has 1 aliphatic carbocycles. The summed E-state index contributed by atoms with van der Waals surface area (Å²) in [6.45, 7) is 4.34. The molecule has 0 saturated heterocycles. The average molecular weight is 381 g/mol. The first kappa shape index (κ1) is 19.2. The summed E-state index contributed by atoms with van der Waals surface area (Å²) in [7, 11) is 0. The van der Waals surface area contributed by atoms with Crippen molar-refractivity contribution in [2.24, 2.45) is 11.1 Å². The second-order valence-electron chi connectivity index (χ2n) is 7.34. The third-order valence-corrected chi connectivity index (χ3v) is 6.35. The molecule has 1 aromatic heterocycles. The van der Waals surface area contributed by atoms with E-state index in [-0.39, 0.29) is 33.9 Å². The molecule has 1 fully saturated rings. The summed E-state index contributed by atoms with van der Waals surface area (Å²) in [4.78, 5) is 14.2. The van der Waals surface area contributed by atoms with Crippen LogP contribution in [0.15, 0.2) is 23.1 Å². The smallest absolute Gasteiger partial charge is 0.256 e. The minimum absolute atomic E-state index is 0.0266. The van der Waals surface area contributed by atoms with E-state index in [0.29, 0.717) is 10.8 Å². The third kappa shape index (κ3) is 3.47. The molecule has 0 bridgehead atoms. The molecule has 26 heavy (non-hydrogen) atoms. The quantitative estimate of drug-likeness (QED) is 0.784. The maximum Gasteiger partial charge on any atom is 0.256 e. The number of rotatable bonds is 5. The molecule has 1 aromatic carbocycles. The number of nitrogens with two attached hydrogens (primary N) is 1. The van der Waals surface area contributed by atoms with Crippen molar-refractivity contribution in [3.05, 3.63) is 39.5 Å². The summed E-state index contributed by atoms with van der Waals surface area (Å²) in [6, 6.07) is 3.21. The van der Waals surface area contributed by atoms with Gasteiger partial charge in [0.2, 0.25) is 0 Å². The highest BCUT2D eigenvalue weighted by Crippen LogP contribution is 2.44. The van der Waals surface area contributed by atoms with E-state index >= 15 is 0 Å². The lowest BCUT2D eigenvalue weighted by Crippen LogP contribution is -2.45. The molecule has 142 valence electrons. The fraction of sp³-hybridized carbons (Fsp3) is 0.550. The van der Waals surface area contributed by atoms with Gasteiger partial charge in [0.1, 0.15) is 11.6 Å². The first-order chi connectivity index (χ1) is 12.4. The molecule has 0 amide bonds. The SMILES string of the molecule is CCC(N)C1(CC)CCC(Oc2cc3c(F)c[nH]c(=O)c3cc2Cl)CC1. The summed E-state index contributed by atoms with van der Waals surface area (Å²) < 4.78 is 20.1. The van der Waals surface area contributed by atoms with E-state index < -0.39 is 5.82 Å². The number of pyridine rings is 1. The van der Waals surface area contributed by atoms with E-state index in [4.69, 9.17) is 22.1 Å². The molecule has 0 radical (unpaired) electrons. The maximum absolute atomic E-state index is 14.0. The van der Waals surface area contributed by atoms with Gasteiger partial charge in [-0.3, -0.25) is 4.79 Å². The van der Waals surface area contributed by atoms with Crippen LogP contribution in [0, 0.1) is 11.2 Å². The largest absolute Gasteiger partial charge is 0.489 e. The van der Waals surface area contributed by atoms with E-state index in [0.717, 1.165) is 44.7 Å². The van der Waals surface area contributed by atoms with Crippen molar-refractivity contribution >= 4 is 22.4 Å². The number of ether oxygens (including phenoxy) is 1. The van der Waals surface area contributed by atoms with Crippen molar-refractivity contribution in [1.82, 2.24) is 4.98 Å². The lowest BCUT2D eigenvalue weighted by Gasteiger charge is -2.43.